The number of furan rings is 1. The molecule has 1 aromatic heterocycles. The molecule has 4 nitrogen and oxygen atoms in total. The SMILES string of the molecule is Cc1ccc(S(=O)(=O)NC(Cc2ccccc2)Cc2ccco2)cc1. The molecule has 0 saturated carbocycles. The van der Waals surface area contributed by atoms with Gasteiger partial charge in [0.1, 0.15) is 5.76 Å². The Morgan fingerprint density at radius 2 is 1.64 bits per heavy atom. The Labute approximate surface area is 148 Å². The number of benzene rings is 2. The van der Waals surface area contributed by atoms with Gasteiger partial charge in [0.05, 0.1) is 11.2 Å². The Balaban J connectivity index is 1.81. The molecule has 0 bridgehead atoms. The molecule has 1 N–H and O–H groups in total. The van der Waals surface area contributed by atoms with Crippen LogP contribution in [0.2, 0.25) is 0 Å². The molecule has 2 aromatic carbocycles. The lowest BCUT2D eigenvalue weighted by atomic mass is 10.0. The van der Waals surface area contributed by atoms with Gasteiger partial charge in [0.15, 0.2) is 0 Å². The van der Waals surface area contributed by atoms with Crippen molar-refractivity contribution in [1.82, 2.24) is 4.72 Å². The van der Waals surface area contributed by atoms with Crippen LogP contribution >= 0.6 is 0 Å². The molecule has 130 valence electrons. The molecule has 1 unspecified atom stereocenters. The molecule has 0 aliphatic rings. The van der Waals surface area contributed by atoms with Gasteiger partial charge in [-0.05, 0) is 43.2 Å². The lowest BCUT2D eigenvalue weighted by molar-refractivity contribution is 0.466. The zero-order valence-electron chi connectivity index (χ0n) is 14.1. The molecule has 25 heavy (non-hydrogen) atoms. The van der Waals surface area contributed by atoms with Crippen LogP contribution in [0.3, 0.4) is 0 Å². The standard InChI is InChI=1S/C20H21NO3S/c1-16-9-11-20(12-10-16)25(22,23)21-18(15-19-8-5-13-24-19)14-17-6-3-2-4-7-17/h2-13,18,21H,14-15H2,1H3. The van der Waals surface area contributed by atoms with E-state index in [1.54, 1.807) is 30.5 Å². The summed E-state index contributed by atoms with van der Waals surface area (Å²) in [6.45, 7) is 1.93. The van der Waals surface area contributed by atoms with E-state index in [1.165, 1.54) is 0 Å². The van der Waals surface area contributed by atoms with E-state index >= 15 is 0 Å². The van der Waals surface area contributed by atoms with Crippen molar-refractivity contribution >= 4 is 10.0 Å². The molecule has 5 heteroatoms. The van der Waals surface area contributed by atoms with E-state index in [0.29, 0.717) is 12.8 Å². The van der Waals surface area contributed by atoms with E-state index in [-0.39, 0.29) is 10.9 Å². The molecular formula is C20H21NO3S. The highest BCUT2D eigenvalue weighted by molar-refractivity contribution is 7.89. The topological polar surface area (TPSA) is 59.3 Å². The number of sulfonamides is 1. The maximum Gasteiger partial charge on any atom is 0.240 e. The van der Waals surface area contributed by atoms with Crippen molar-refractivity contribution in [3.05, 3.63) is 89.9 Å². The summed E-state index contributed by atoms with van der Waals surface area (Å²) in [4.78, 5) is 0.274. The van der Waals surface area contributed by atoms with E-state index < -0.39 is 10.0 Å². The second-order valence-electron chi connectivity index (χ2n) is 6.10. The van der Waals surface area contributed by atoms with Gasteiger partial charge in [-0.2, -0.15) is 0 Å². The summed E-state index contributed by atoms with van der Waals surface area (Å²) in [7, 11) is -3.59. The summed E-state index contributed by atoms with van der Waals surface area (Å²) in [6.07, 6.45) is 2.68. The Morgan fingerprint density at radius 1 is 0.920 bits per heavy atom. The summed E-state index contributed by atoms with van der Waals surface area (Å²) in [5.41, 5.74) is 2.10. The van der Waals surface area contributed by atoms with Gasteiger partial charge in [-0.25, -0.2) is 13.1 Å². The van der Waals surface area contributed by atoms with Crippen molar-refractivity contribution in [3.63, 3.8) is 0 Å². The van der Waals surface area contributed by atoms with Crippen molar-refractivity contribution < 1.29 is 12.8 Å². The quantitative estimate of drug-likeness (QED) is 0.703. The molecule has 0 spiro atoms. The van der Waals surface area contributed by atoms with Crippen molar-refractivity contribution in [1.29, 1.82) is 0 Å². The third-order valence-electron chi connectivity index (χ3n) is 4.01. The fourth-order valence-corrected chi connectivity index (χ4v) is 3.97. The van der Waals surface area contributed by atoms with Crippen molar-refractivity contribution in [3.8, 4) is 0 Å². The summed E-state index contributed by atoms with van der Waals surface area (Å²) in [5.74, 6) is 0.757. The lowest BCUT2D eigenvalue weighted by Crippen LogP contribution is -2.38. The highest BCUT2D eigenvalue weighted by atomic mass is 32.2. The smallest absolute Gasteiger partial charge is 0.240 e. The maximum atomic E-state index is 12.7. The summed E-state index contributed by atoms with van der Waals surface area (Å²) >= 11 is 0. The molecule has 0 aliphatic carbocycles. The Morgan fingerprint density at radius 3 is 2.28 bits per heavy atom. The Hall–Kier alpha value is -2.37. The molecule has 0 fully saturated rings. The first-order valence-corrected chi connectivity index (χ1v) is 9.66. The van der Waals surface area contributed by atoms with Crippen LogP contribution in [-0.4, -0.2) is 14.5 Å². The molecule has 0 radical (unpaired) electrons. The van der Waals surface area contributed by atoms with Crippen molar-refractivity contribution in [2.75, 3.05) is 0 Å². The first kappa shape index (κ1) is 17.5. The van der Waals surface area contributed by atoms with Crippen molar-refractivity contribution in [2.24, 2.45) is 0 Å². The number of aryl methyl sites for hydroxylation is 1. The first-order valence-electron chi connectivity index (χ1n) is 8.18. The lowest BCUT2D eigenvalue weighted by Gasteiger charge is -2.18. The van der Waals surface area contributed by atoms with Gasteiger partial charge in [0, 0.05) is 12.5 Å². The monoisotopic (exact) mass is 355 g/mol. The van der Waals surface area contributed by atoms with Gasteiger partial charge >= 0.3 is 0 Å². The molecule has 1 atom stereocenters. The molecule has 0 amide bonds. The van der Waals surface area contributed by atoms with Crippen LogP contribution in [0.25, 0.3) is 0 Å². The second-order valence-corrected chi connectivity index (χ2v) is 7.82. The largest absolute Gasteiger partial charge is 0.469 e. The molecule has 3 rings (SSSR count). The first-order chi connectivity index (χ1) is 12.0. The van der Waals surface area contributed by atoms with E-state index in [0.717, 1.165) is 16.9 Å². The third kappa shape index (κ3) is 4.81. The van der Waals surface area contributed by atoms with Crippen LogP contribution in [0, 0.1) is 6.92 Å². The van der Waals surface area contributed by atoms with Gasteiger partial charge in [-0.3, -0.25) is 0 Å². The highest BCUT2D eigenvalue weighted by Crippen LogP contribution is 2.15. The van der Waals surface area contributed by atoms with Gasteiger partial charge in [0.2, 0.25) is 10.0 Å². The van der Waals surface area contributed by atoms with Crippen LogP contribution in [0.5, 0.6) is 0 Å². The zero-order valence-corrected chi connectivity index (χ0v) is 14.9. The number of rotatable bonds is 7. The maximum absolute atomic E-state index is 12.7. The molecule has 0 saturated heterocycles. The minimum absolute atomic E-state index is 0.274. The van der Waals surface area contributed by atoms with Gasteiger partial charge in [-0.1, -0.05) is 48.0 Å². The second kappa shape index (κ2) is 7.68. The van der Waals surface area contributed by atoms with Crippen LogP contribution in [0.1, 0.15) is 16.9 Å². The summed E-state index contributed by atoms with van der Waals surface area (Å²) < 4.78 is 33.7. The normalized spacial score (nSPS) is 12.8. The molecule has 0 aliphatic heterocycles. The van der Waals surface area contributed by atoms with Gasteiger partial charge in [-0.15, -0.1) is 0 Å². The summed E-state index contributed by atoms with van der Waals surface area (Å²) in [5, 5.41) is 0. The van der Waals surface area contributed by atoms with Crippen molar-refractivity contribution in [2.45, 2.75) is 30.7 Å². The minimum Gasteiger partial charge on any atom is -0.469 e. The highest BCUT2D eigenvalue weighted by Gasteiger charge is 2.21. The third-order valence-corrected chi connectivity index (χ3v) is 5.54. The van der Waals surface area contributed by atoms with E-state index in [1.807, 2.05) is 49.4 Å². The Kier molecular flexibility index (Phi) is 5.36. The fraction of sp³-hybridized carbons (Fsp3) is 0.200. The number of nitrogens with one attached hydrogen (secondary N) is 1. The predicted molar refractivity (Wildman–Crippen MR) is 97.8 cm³/mol. The van der Waals surface area contributed by atoms with Crippen LogP contribution in [0.15, 0.2) is 82.3 Å². The van der Waals surface area contributed by atoms with Gasteiger partial charge in [0.25, 0.3) is 0 Å². The predicted octanol–water partition coefficient (Wildman–Crippen LogP) is 3.72. The Bertz CT molecular complexity index is 886. The minimum atomic E-state index is -3.59. The van der Waals surface area contributed by atoms with Gasteiger partial charge < -0.3 is 4.42 Å². The molecular weight excluding hydrogens is 334 g/mol. The van der Waals surface area contributed by atoms with Crippen LogP contribution < -0.4 is 4.72 Å². The van der Waals surface area contributed by atoms with Crippen LogP contribution in [-0.2, 0) is 22.9 Å². The average Bonchev–Trinajstić information content (AvgIpc) is 3.09. The molecule has 3 aromatic rings. The summed E-state index contributed by atoms with van der Waals surface area (Å²) in [6, 6.07) is 20.1. The van der Waals surface area contributed by atoms with E-state index in [9.17, 15) is 8.42 Å². The average molecular weight is 355 g/mol. The zero-order chi connectivity index (χ0) is 17.7. The number of hydrogen-bond donors (Lipinski definition) is 1. The fourth-order valence-electron chi connectivity index (χ4n) is 2.73. The van der Waals surface area contributed by atoms with E-state index in [4.69, 9.17) is 4.42 Å². The number of hydrogen-bond acceptors (Lipinski definition) is 3. The van der Waals surface area contributed by atoms with Crippen LogP contribution in [0.4, 0.5) is 0 Å². The van der Waals surface area contributed by atoms with E-state index in [2.05, 4.69) is 4.72 Å². The molecule has 1 heterocycles.